The van der Waals surface area contributed by atoms with Gasteiger partial charge < -0.3 is 14.5 Å². The summed E-state index contributed by atoms with van der Waals surface area (Å²) in [7, 11) is 1.78. The van der Waals surface area contributed by atoms with Gasteiger partial charge in [-0.05, 0) is 36.8 Å². The average Bonchev–Trinajstić information content (AvgIpc) is 3.20. The molecule has 4 rings (SSSR count). The van der Waals surface area contributed by atoms with E-state index in [0.29, 0.717) is 0 Å². The predicted octanol–water partition coefficient (Wildman–Crippen LogP) is 0.191. The molecule has 0 amide bonds. The standard InChI is InChI=1S/C20H28N2O/c1-23-20-5-3-2-4-18(20)14-21-8-10-22(11-9-21)15-19-13-16-6-7-17(19)12-16/h2-7,16-17,19H,8-15H2,1H3/p+2/t16-,17+,19+/m1/s1. The summed E-state index contributed by atoms with van der Waals surface area (Å²) in [6, 6.07) is 8.48. The Labute approximate surface area is 139 Å². The maximum absolute atomic E-state index is 5.50. The lowest BCUT2D eigenvalue weighted by Gasteiger charge is -2.32. The SMILES string of the molecule is COc1ccccc1C[NH+]1CC[NH+](C[C@@H]2C[C@@H]3C=C[C@H]2C3)CC1. The van der Waals surface area contributed by atoms with Crippen molar-refractivity contribution in [1.82, 2.24) is 0 Å². The molecule has 1 aromatic carbocycles. The summed E-state index contributed by atoms with van der Waals surface area (Å²) in [5.41, 5.74) is 1.35. The summed E-state index contributed by atoms with van der Waals surface area (Å²) >= 11 is 0. The van der Waals surface area contributed by atoms with Gasteiger partial charge in [-0.2, -0.15) is 0 Å². The molecule has 2 bridgehead atoms. The molecule has 0 unspecified atom stereocenters. The molecule has 3 aliphatic rings. The van der Waals surface area contributed by atoms with Gasteiger partial charge in [0.1, 0.15) is 38.5 Å². The van der Waals surface area contributed by atoms with Gasteiger partial charge >= 0.3 is 0 Å². The fraction of sp³-hybridized carbons (Fsp3) is 0.600. The van der Waals surface area contributed by atoms with E-state index in [0.717, 1.165) is 30.0 Å². The monoisotopic (exact) mass is 314 g/mol. The number of quaternary nitrogens is 2. The summed E-state index contributed by atoms with van der Waals surface area (Å²) in [5.74, 6) is 3.84. The van der Waals surface area contributed by atoms with Crippen molar-refractivity contribution >= 4 is 0 Å². The number of methoxy groups -OCH3 is 1. The first-order valence-electron chi connectivity index (χ1n) is 9.29. The fourth-order valence-electron chi connectivity index (χ4n) is 4.96. The van der Waals surface area contributed by atoms with Crippen LogP contribution in [0.2, 0.25) is 0 Å². The van der Waals surface area contributed by atoms with Crippen molar-refractivity contribution in [3.05, 3.63) is 42.0 Å². The van der Waals surface area contributed by atoms with Crippen LogP contribution in [0.1, 0.15) is 18.4 Å². The molecule has 0 radical (unpaired) electrons. The Balaban J connectivity index is 1.27. The van der Waals surface area contributed by atoms with Gasteiger partial charge in [0.05, 0.1) is 13.7 Å². The highest BCUT2D eigenvalue weighted by atomic mass is 16.5. The van der Waals surface area contributed by atoms with Crippen molar-refractivity contribution in [2.24, 2.45) is 17.8 Å². The van der Waals surface area contributed by atoms with E-state index in [1.807, 2.05) is 4.90 Å². The molecule has 2 N–H and O–H groups in total. The van der Waals surface area contributed by atoms with Crippen LogP contribution in [0.25, 0.3) is 0 Å². The molecule has 0 aromatic heterocycles. The van der Waals surface area contributed by atoms with E-state index < -0.39 is 0 Å². The number of benzene rings is 1. The number of hydrogen-bond acceptors (Lipinski definition) is 1. The van der Waals surface area contributed by atoms with Crippen molar-refractivity contribution < 1.29 is 14.5 Å². The minimum absolute atomic E-state index is 0.909. The normalized spacial score (nSPS) is 35.6. The Bertz CT molecular complexity index is 563. The Hall–Kier alpha value is -1.32. The van der Waals surface area contributed by atoms with E-state index in [4.69, 9.17) is 4.74 Å². The van der Waals surface area contributed by atoms with E-state index in [2.05, 4.69) is 36.4 Å². The number of allylic oxidation sites excluding steroid dienone is 2. The molecule has 23 heavy (non-hydrogen) atoms. The zero-order valence-corrected chi connectivity index (χ0v) is 14.3. The van der Waals surface area contributed by atoms with E-state index in [-0.39, 0.29) is 0 Å². The van der Waals surface area contributed by atoms with Gasteiger partial charge in [-0.3, -0.25) is 0 Å². The lowest BCUT2D eigenvalue weighted by atomic mass is 9.93. The van der Waals surface area contributed by atoms with Crippen LogP contribution >= 0.6 is 0 Å². The number of hydrogen-bond donors (Lipinski definition) is 2. The Kier molecular flexibility index (Phi) is 4.41. The first-order valence-corrected chi connectivity index (χ1v) is 9.29. The zero-order valence-electron chi connectivity index (χ0n) is 14.3. The zero-order chi connectivity index (χ0) is 15.6. The second-order valence-electron chi connectivity index (χ2n) is 7.73. The molecule has 1 aliphatic heterocycles. The number of piperazine rings is 1. The lowest BCUT2D eigenvalue weighted by Crippen LogP contribution is -3.27. The van der Waals surface area contributed by atoms with Crippen molar-refractivity contribution in [3.8, 4) is 5.75 Å². The van der Waals surface area contributed by atoms with E-state index in [1.54, 1.807) is 12.0 Å². The predicted molar refractivity (Wildman–Crippen MR) is 91.8 cm³/mol. The molecule has 0 spiro atoms. The number of ether oxygens (including phenoxy) is 1. The van der Waals surface area contributed by atoms with Crippen molar-refractivity contribution in [2.45, 2.75) is 19.4 Å². The van der Waals surface area contributed by atoms with Gasteiger partial charge in [0.15, 0.2) is 0 Å². The summed E-state index contributed by atoms with van der Waals surface area (Å²) < 4.78 is 5.50. The lowest BCUT2D eigenvalue weighted by molar-refractivity contribution is -1.02. The van der Waals surface area contributed by atoms with E-state index >= 15 is 0 Å². The van der Waals surface area contributed by atoms with Crippen LogP contribution in [-0.4, -0.2) is 39.8 Å². The third-order valence-electron chi connectivity index (χ3n) is 6.26. The quantitative estimate of drug-likeness (QED) is 0.743. The van der Waals surface area contributed by atoms with Crippen LogP contribution in [0.3, 0.4) is 0 Å². The molecule has 1 heterocycles. The van der Waals surface area contributed by atoms with Crippen LogP contribution < -0.4 is 14.5 Å². The topological polar surface area (TPSA) is 18.1 Å². The van der Waals surface area contributed by atoms with Crippen molar-refractivity contribution in [1.29, 1.82) is 0 Å². The second kappa shape index (κ2) is 6.66. The van der Waals surface area contributed by atoms with Crippen molar-refractivity contribution in [3.63, 3.8) is 0 Å². The summed E-state index contributed by atoms with van der Waals surface area (Å²) in [5, 5.41) is 0. The molecular formula is C20H30N2O+2. The maximum Gasteiger partial charge on any atom is 0.127 e. The van der Waals surface area contributed by atoms with E-state index in [1.165, 1.54) is 51.1 Å². The number of fused-ring (bicyclic) bond motifs is 2. The fourth-order valence-corrected chi connectivity index (χ4v) is 4.96. The maximum atomic E-state index is 5.50. The van der Waals surface area contributed by atoms with Crippen LogP contribution in [0.5, 0.6) is 5.75 Å². The van der Waals surface area contributed by atoms with Gasteiger partial charge in [0, 0.05) is 11.5 Å². The van der Waals surface area contributed by atoms with Gasteiger partial charge in [-0.25, -0.2) is 0 Å². The van der Waals surface area contributed by atoms with Crippen LogP contribution in [0.15, 0.2) is 36.4 Å². The molecule has 3 atom stereocenters. The molecule has 3 nitrogen and oxygen atoms in total. The molecule has 1 saturated carbocycles. The van der Waals surface area contributed by atoms with Crippen LogP contribution in [0, 0.1) is 17.8 Å². The first kappa shape index (κ1) is 15.2. The first-order chi connectivity index (χ1) is 11.3. The highest BCUT2D eigenvalue weighted by molar-refractivity contribution is 5.32. The molecule has 3 heteroatoms. The molecule has 1 aromatic rings. The molecule has 2 aliphatic carbocycles. The third-order valence-corrected chi connectivity index (χ3v) is 6.26. The Morgan fingerprint density at radius 2 is 1.78 bits per heavy atom. The van der Waals surface area contributed by atoms with Gasteiger partial charge in [-0.15, -0.1) is 0 Å². The number of rotatable bonds is 5. The molecule has 124 valence electrons. The van der Waals surface area contributed by atoms with Crippen LogP contribution in [-0.2, 0) is 6.54 Å². The van der Waals surface area contributed by atoms with Crippen molar-refractivity contribution in [2.75, 3.05) is 39.8 Å². The third kappa shape index (κ3) is 3.31. The average molecular weight is 314 g/mol. The highest BCUT2D eigenvalue weighted by Gasteiger charge is 2.38. The number of nitrogens with one attached hydrogen (secondary N) is 2. The Morgan fingerprint density at radius 3 is 2.48 bits per heavy atom. The van der Waals surface area contributed by atoms with Gasteiger partial charge in [0.25, 0.3) is 0 Å². The summed E-state index contributed by atoms with van der Waals surface area (Å²) in [6.07, 6.45) is 7.87. The van der Waals surface area contributed by atoms with E-state index in [9.17, 15) is 0 Å². The molecule has 1 saturated heterocycles. The minimum Gasteiger partial charge on any atom is -0.496 e. The second-order valence-corrected chi connectivity index (χ2v) is 7.73. The number of para-hydroxylation sites is 1. The Morgan fingerprint density at radius 1 is 1.00 bits per heavy atom. The van der Waals surface area contributed by atoms with Gasteiger partial charge in [0.2, 0.25) is 0 Å². The summed E-state index contributed by atoms with van der Waals surface area (Å²) in [6.45, 7) is 7.78. The van der Waals surface area contributed by atoms with Crippen LogP contribution in [0.4, 0.5) is 0 Å². The minimum atomic E-state index is 0.909. The molecular weight excluding hydrogens is 284 g/mol. The largest absolute Gasteiger partial charge is 0.496 e. The highest BCUT2D eigenvalue weighted by Crippen LogP contribution is 2.42. The van der Waals surface area contributed by atoms with Gasteiger partial charge in [-0.1, -0.05) is 24.3 Å². The molecule has 2 fully saturated rings. The summed E-state index contributed by atoms with van der Waals surface area (Å²) in [4.78, 5) is 3.56. The smallest absolute Gasteiger partial charge is 0.127 e.